The molecule has 0 unspecified atom stereocenters. The van der Waals surface area contributed by atoms with E-state index in [4.69, 9.17) is 4.74 Å². The Labute approximate surface area is 120 Å². The summed E-state index contributed by atoms with van der Waals surface area (Å²) in [5.74, 6) is 0. The van der Waals surface area contributed by atoms with E-state index in [0.717, 1.165) is 31.6 Å². The molecule has 0 aliphatic carbocycles. The molecule has 1 aromatic carbocycles. The molecule has 0 bridgehead atoms. The van der Waals surface area contributed by atoms with Gasteiger partial charge in [-0.05, 0) is 59.9 Å². The zero-order valence-electron chi connectivity index (χ0n) is 9.99. The summed E-state index contributed by atoms with van der Waals surface area (Å²) in [4.78, 5) is 13.8. The highest BCUT2D eigenvalue weighted by Gasteiger charge is 2.46. The lowest BCUT2D eigenvalue weighted by Crippen LogP contribution is -2.44. The summed E-state index contributed by atoms with van der Waals surface area (Å²) in [5.41, 5.74) is 0.654. The van der Waals surface area contributed by atoms with Gasteiger partial charge in [0.25, 0.3) is 0 Å². The van der Waals surface area contributed by atoms with Crippen LogP contribution in [-0.2, 0) is 4.74 Å². The van der Waals surface area contributed by atoms with Crippen molar-refractivity contribution in [3.8, 4) is 0 Å². The Balaban J connectivity index is 1.82. The van der Waals surface area contributed by atoms with E-state index < -0.39 is 0 Å². The average Bonchev–Trinajstić information content (AvgIpc) is 2.68. The molecule has 0 radical (unpaired) electrons. The number of piperidine rings is 1. The molecule has 2 fully saturated rings. The first-order valence-electron chi connectivity index (χ1n) is 6.15. The van der Waals surface area contributed by atoms with Gasteiger partial charge in [0.05, 0.1) is 6.54 Å². The highest BCUT2D eigenvalue weighted by molar-refractivity contribution is 14.1. The van der Waals surface area contributed by atoms with Crippen LogP contribution < -0.4 is 10.2 Å². The number of hydrogen-bond acceptors (Lipinski definition) is 3. The number of benzene rings is 1. The lowest BCUT2D eigenvalue weighted by molar-refractivity contribution is 0.0316. The Kier molecular flexibility index (Phi) is 3.19. The van der Waals surface area contributed by atoms with Crippen molar-refractivity contribution in [3.05, 3.63) is 27.8 Å². The van der Waals surface area contributed by atoms with Crippen molar-refractivity contribution in [1.29, 1.82) is 0 Å². The molecule has 0 atom stereocenters. The molecule has 2 aliphatic heterocycles. The molecule has 2 heterocycles. The minimum Gasteiger partial charge on any atom is -0.441 e. The molecule has 2 aliphatic rings. The van der Waals surface area contributed by atoms with E-state index in [1.165, 1.54) is 3.57 Å². The van der Waals surface area contributed by atoms with E-state index >= 15 is 0 Å². The van der Waals surface area contributed by atoms with E-state index in [9.17, 15) is 4.79 Å². The second kappa shape index (κ2) is 4.70. The second-order valence-electron chi connectivity index (χ2n) is 4.86. The number of halogens is 1. The van der Waals surface area contributed by atoms with Crippen molar-refractivity contribution in [2.45, 2.75) is 18.4 Å². The summed E-state index contributed by atoms with van der Waals surface area (Å²) < 4.78 is 6.80. The van der Waals surface area contributed by atoms with Crippen LogP contribution in [0.1, 0.15) is 12.8 Å². The molecule has 18 heavy (non-hydrogen) atoms. The largest absolute Gasteiger partial charge is 0.441 e. The third kappa shape index (κ3) is 2.21. The van der Waals surface area contributed by atoms with Gasteiger partial charge in [0.15, 0.2) is 0 Å². The first-order chi connectivity index (χ1) is 8.69. The van der Waals surface area contributed by atoms with Crippen molar-refractivity contribution in [2.24, 2.45) is 0 Å². The second-order valence-corrected chi connectivity index (χ2v) is 6.11. The van der Waals surface area contributed by atoms with Gasteiger partial charge in [0.1, 0.15) is 5.60 Å². The van der Waals surface area contributed by atoms with Gasteiger partial charge in [-0.1, -0.05) is 0 Å². The van der Waals surface area contributed by atoms with Crippen molar-refractivity contribution >= 4 is 34.4 Å². The van der Waals surface area contributed by atoms with E-state index in [0.29, 0.717) is 6.54 Å². The fourth-order valence-corrected chi connectivity index (χ4v) is 2.95. The molecular formula is C13H15IN2O2. The predicted octanol–water partition coefficient (Wildman–Crippen LogP) is 2.37. The Morgan fingerprint density at radius 1 is 1.22 bits per heavy atom. The van der Waals surface area contributed by atoms with E-state index in [1.807, 2.05) is 24.3 Å². The van der Waals surface area contributed by atoms with Crippen LogP contribution in [0.4, 0.5) is 10.5 Å². The predicted molar refractivity (Wildman–Crippen MR) is 77.8 cm³/mol. The molecule has 4 nitrogen and oxygen atoms in total. The molecular weight excluding hydrogens is 343 g/mol. The van der Waals surface area contributed by atoms with Gasteiger partial charge in [-0.2, -0.15) is 0 Å². The van der Waals surface area contributed by atoms with Gasteiger partial charge in [0, 0.05) is 22.1 Å². The van der Waals surface area contributed by atoms with E-state index in [2.05, 4.69) is 27.9 Å². The van der Waals surface area contributed by atoms with Crippen LogP contribution in [0.5, 0.6) is 0 Å². The van der Waals surface area contributed by atoms with E-state index in [-0.39, 0.29) is 11.7 Å². The Hall–Kier alpha value is -0.820. The molecule has 1 amide bonds. The summed E-state index contributed by atoms with van der Waals surface area (Å²) in [6.45, 7) is 2.52. The number of hydrogen-bond donors (Lipinski definition) is 1. The summed E-state index contributed by atoms with van der Waals surface area (Å²) >= 11 is 2.26. The van der Waals surface area contributed by atoms with Crippen LogP contribution >= 0.6 is 22.6 Å². The van der Waals surface area contributed by atoms with Crippen LogP contribution in [0.2, 0.25) is 0 Å². The zero-order chi connectivity index (χ0) is 12.6. The maximum atomic E-state index is 12.0. The Bertz CT molecular complexity index is 455. The van der Waals surface area contributed by atoms with Gasteiger partial charge >= 0.3 is 6.09 Å². The first-order valence-corrected chi connectivity index (χ1v) is 7.23. The molecule has 2 saturated heterocycles. The quantitative estimate of drug-likeness (QED) is 0.784. The molecule has 1 N–H and O–H groups in total. The normalized spacial score (nSPS) is 22.3. The molecule has 0 saturated carbocycles. The first kappa shape index (κ1) is 12.2. The maximum Gasteiger partial charge on any atom is 0.415 e. The van der Waals surface area contributed by atoms with Crippen molar-refractivity contribution in [3.63, 3.8) is 0 Å². The number of rotatable bonds is 1. The number of carbonyl (C=O) groups is 1. The Morgan fingerprint density at radius 2 is 1.89 bits per heavy atom. The number of nitrogens with one attached hydrogen (secondary N) is 1. The number of ether oxygens (including phenoxy) is 1. The molecule has 96 valence electrons. The molecule has 1 aromatic rings. The fourth-order valence-electron chi connectivity index (χ4n) is 2.59. The number of nitrogens with zero attached hydrogens (tertiary/aromatic N) is 1. The lowest BCUT2D eigenvalue weighted by Gasteiger charge is -2.31. The molecule has 0 aromatic heterocycles. The minimum absolute atomic E-state index is 0.210. The fraction of sp³-hybridized carbons (Fsp3) is 0.462. The highest BCUT2D eigenvalue weighted by atomic mass is 127. The van der Waals surface area contributed by atoms with Gasteiger partial charge in [-0.25, -0.2) is 4.79 Å². The molecule has 3 rings (SSSR count). The lowest BCUT2D eigenvalue weighted by atomic mass is 9.92. The van der Waals surface area contributed by atoms with Gasteiger partial charge in [-0.15, -0.1) is 0 Å². The van der Waals surface area contributed by atoms with Crippen LogP contribution in [0, 0.1) is 3.57 Å². The molecule has 1 spiro atoms. The zero-order valence-corrected chi connectivity index (χ0v) is 12.1. The standard InChI is InChI=1S/C13H15IN2O2/c14-10-1-3-11(4-2-10)16-9-13(18-12(16)17)5-7-15-8-6-13/h1-4,15H,5-9H2. The monoisotopic (exact) mass is 358 g/mol. The topological polar surface area (TPSA) is 41.6 Å². The number of anilines is 1. The summed E-state index contributed by atoms with van der Waals surface area (Å²) in [7, 11) is 0. The third-order valence-corrected chi connectivity index (χ3v) is 4.34. The minimum atomic E-state index is -0.272. The van der Waals surface area contributed by atoms with Crippen LogP contribution in [0.25, 0.3) is 0 Å². The van der Waals surface area contributed by atoms with Crippen LogP contribution in [-0.4, -0.2) is 31.3 Å². The highest BCUT2D eigenvalue weighted by Crippen LogP contribution is 2.34. The van der Waals surface area contributed by atoms with Gasteiger partial charge in [0.2, 0.25) is 0 Å². The summed E-state index contributed by atoms with van der Waals surface area (Å²) in [5, 5.41) is 3.30. The Morgan fingerprint density at radius 3 is 2.56 bits per heavy atom. The average molecular weight is 358 g/mol. The van der Waals surface area contributed by atoms with Crippen LogP contribution in [0.15, 0.2) is 24.3 Å². The SMILES string of the molecule is O=C1OC2(CCNCC2)CN1c1ccc(I)cc1. The smallest absolute Gasteiger partial charge is 0.415 e. The molecule has 5 heteroatoms. The van der Waals surface area contributed by atoms with E-state index in [1.54, 1.807) is 4.90 Å². The van der Waals surface area contributed by atoms with Crippen LogP contribution in [0.3, 0.4) is 0 Å². The summed E-state index contributed by atoms with van der Waals surface area (Å²) in [6, 6.07) is 7.97. The van der Waals surface area contributed by atoms with Gasteiger partial charge < -0.3 is 10.1 Å². The third-order valence-electron chi connectivity index (χ3n) is 3.62. The number of carbonyl (C=O) groups excluding carboxylic acids is 1. The number of amides is 1. The summed E-state index contributed by atoms with van der Waals surface area (Å²) in [6.07, 6.45) is 1.59. The maximum absolute atomic E-state index is 12.0. The van der Waals surface area contributed by atoms with Crippen molar-refractivity contribution in [2.75, 3.05) is 24.5 Å². The van der Waals surface area contributed by atoms with Gasteiger partial charge in [-0.3, -0.25) is 4.90 Å². The van der Waals surface area contributed by atoms with Crippen molar-refractivity contribution < 1.29 is 9.53 Å². The van der Waals surface area contributed by atoms with Crippen molar-refractivity contribution in [1.82, 2.24) is 5.32 Å².